The molecule has 0 aliphatic rings. The van der Waals surface area contributed by atoms with Crippen molar-refractivity contribution in [1.82, 2.24) is 9.99 Å². The van der Waals surface area contributed by atoms with Gasteiger partial charge < -0.3 is 4.57 Å². The molecule has 0 fully saturated rings. The average molecular weight is 334 g/mol. The van der Waals surface area contributed by atoms with Crippen LogP contribution in [0.15, 0.2) is 41.5 Å². The summed E-state index contributed by atoms with van der Waals surface area (Å²) in [4.78, 5) is 11.1. The zero-order valence-electron chi connectivity index (χ0n) is 12.6. The van der Waals surface area contributed by atoms with Gasteiger partial charge in [0, 0.05) is 12.7 Å². The van der Waals surface area contributed by atoms with Crippen LogP contribution < -0.4 is 5.43 Å². The maximum Gasteiger partial charge on any atom is 0.416 e. The lowest BCUT2D eigenvalue weighted by Gasteiger charge is -2.10. The van der Waals surface area contributed by atoms with Gasteiger partial charge in [-0.05, 0) is 29.8 Å². The van der Waals surface area contributed by atoms with E-state index in [4.69, 9.17) is 5.26 Å². The predicted octanol–water partition coefficient (Wildman–Crippen LogP) is 3.07. The fourth-order valence-corrected chi connectivity index (χ4v) is 2.08. The third-order valence-corrected chi connectivity index (χ3v) is 3.27. The van der Waals surface area contributed by atoms with Crippen LogP contribution in [0.4, 0.5) is 13.2 Å². The summed E-state index contributed by atoms with van der Waals surface area (Å²) in [6.07, 6.45) is -3.36. The first-order valence-corrected chi connectivity index (χ1v) is 6.85. The van der Waals surface area contributed by atoms with Crippen molar-refractivity contribution in [1.29, 1.82) is 5.26 Å². The van der Waals surface area contributed by atoms with Crippen LogP contribution in [-0.2, 0) is 18.0 Å². The highest BCUT2D eigenvalue weighted by atomic mass is 19.4. The Morgan fingerprint density at radius 3 is 2.79 bits per heavy atom. The molecular weight excluding hydrogens is 321 g/mol. The van der Waals surface area contributed by atoms with Crippen LogP contribution >= 0.6 is 0 Å². The third kappa shape index (κ3) is 4.01. The summed E-state index contributed by atoms with van der Waals surface area (Å²) < 4.78 is 40.1. The second kappa shape index (κ2) is 7.00. The van der Waals surface area contributed by atoms with Crippen LogP contribution in [0.25, 0.3) is 11.3 Å². The summed E-state index contributed by atoms with van der Waals surface area (Å²) in [5.74, 6) is -0.541. The number of hydrazone groups is 1. The molecule has 0 saturated carbocycles. The summed E-state index contributed by atoms with van der Waals surface area (Å²) in [6.45, 7) is 0. The van der Waals surface area contributed by atoms with Crippen LogP contribution in [0, 0.1) is 11.3 Å². The molecule has 2 aromatic rings. The van der Waals surface area contributed by atoms with E-state index < -0.39 is 17.6 Å². The van der Waals surface area contributed by atoms with Gasteiger partial charge in [0.25, 0.3) is 5.91 Å². The Morgan fingerprint density at radius 1 is 1.38 bits per heavy atom. The van der Waals surface area contributed by atoms with Gasteiger partial charge in [-0.2, -0.15) is 23.5 Å². The lowest BCUT2D eigenvalue weighted by molar-refractivity contribution is -0.137. The van der Waals surface area contributed by atoms with Crippen molar-refractivity contribution >= 4 is 12.1 Å². The van der Waals surface area contributed by atoms with Gasteiger partial charge in [0.05, 0.1) is 23.5 Å². The Balaban J connectivity index is 2.23. The molecule has 1 aromatic carbocycles. The number of rotatable bonds is 4. The molecule has 0 aliphatic heterocycles. The summed E-state index contributed by atoms with van der Waals surface area (Å²) in [7, 11) is 1.67. The molecule has 1 aromatic heterocycles. The molecule has 2 rings (SSSR count). The fraction of sp³-hybridized carbons (Fsp3) is 0.188. The van der Waals surface area contributed by atoms with Gasteiger partial charge in [-0.3, -0.25) is 4.79 Å². The number of hydrogen-bond donors (Lipinski definition) is 1. The number of carbonyl (C=O) groups excluding carboxylic acids is 1. The number of carbonyl (C=O) groups is 1. The zero-order chi connectivity index (χ0) is 17.7. The number of hydrogen-bond acceptors (Lipinski definition) is 3. The SMILES string of the molecule is Cn1c(/C=N\NC(=O)CC#N)ccc1-c1cccc(C(F)(F)F)c1. The number of benzene rings is 1. The summed E-state index contributed by atoms with van der Waals surface area (Å²) in [5.41, 5.74) is 3.04. The van der Waals surface area contributed by atoms with Gasteiger partial charge in [-0.25, -0.2) is 5.43 Å². The van der Waals surface area contributed by atoms with Crippen LogP contribution in [0.1, 0.15) is 17.7 Å². The van der Waals surface area contributed by atoms with Gasteiger partial charge in [0.1, 0.15) is 6.42 Å². The molecule has 0 aliphatic carbocycles. The minimum absolute atomic E-state index is 0.306. The third-order valence-electron chi connectivity index (χ3n) is 3.27. The first-order valence-electron chi connectivity index (χ1n) is 6.85. The van der Waals surface area contributed by atoms with E-state index in [1.165, 1.54) is 12.3 Å². The first-order chi connectivity index (χ1) is 11.3. The normalized spacial score (nSPS) is 11.5. The van der Waals surface area contributed by atoms with Crippen molar-refractivity contribution in [2.24, 2.45) is 12.1 Å². The van der Waals surface area contributed by atoms with Crippen molar-refractivity contribution in [3.05, 3.63) is 47.7 Å². The largest absolute Gasteiger partial charge is 0.416 e. The molecule has 0 atom stereocenters. The van der Waals surface area contributed by atoms with Crippen LogP contribution in [0.5, 0.6) is 0 Å². The average Bonchev–Trinajstić information content (AvgIpc) is 2.88. The zero-order valence-corrected chi connectivity index (χ0v) is 12.6. The molecule has 0 spiro atoms. The lowest BCUT2D eigenvalue weighted by Crippen LogP contribution is -2.16. The standard InChI is InChI=1S/C16H13F3N4O/c1-23-13(10-21-22-15(24)7-8-20)5-6-14(23)11-3-2-4-12(9-11)16(17,18)19/h2-6,9-10H,7H2,1H3,(H,22,24)/b21-10-. The molecule has 1 heterocycles. The van der Waals surface area contributed by atoms with E-state index in [9.17, 15) is 18.0 Å². The van der Waals surface area contributed by atoms with Gasteiger partial charge in [0.2, 0.25) is 0 Å². The molecule has 124 valence electrons. The molecule has 0 radical (unpaired) electrons. The molecule has 8 heteroatoms. The smallest absolute Gasteiger partial charge is 0.343 e. The maximum absolute atomic E-state index is 12.8. The summed E-state index contributed by atoms with van der Waals surface area (Å²) in [5, 5.41) is 12.1. The molecule has 24 heavy (non-hydrogen) atoms. The molecule has 0 bridgehead atoms. The summed E-state index contributed by atoms with van der Waals surface area (Å²) in [6, 6.07) is 10.0. The second-order valence-corrected chi connectivity index (χ2v) is 4.91. The number of aromatic nitrogens is 1. The quantitative estimate of drug-likeness (QED) is 0.689. The number of alkyl halides is 3. The maximum atomic E-state index is 12.8. The van der Waals surface area contributed by atoms with Crippen LogP contribution in [-0.4, -0.2) is 16.7 Å². The topological polar surface area (TPSA) is 70.2 Å². The number of nitrogens with one attached hydrogen (secondary N) is 1. The number of nitriles is 1. The molecule has 0 saturated heterocycles. The number of amides is 1. The molecule has 1 amide bonds. The first kappa shape index (κ1) is 17.3. The lowest BCUT2D eigenvalue weighted by atomic mass is 10.1. The van der Waals surface area contributed by atoms with Crippen molar-refractivity contribution in [2.45, 2.75) is 12.6 Å². The Hall–Kier alpha value is -3.08. The van der Waals surface area contributed by atoms with Gasteiger partial charge in [0.15, 0.2) is 0 Å². The highest BCUT2D eigenvalue weighted by molar-refractivity contribution is 5.83. The van der Waals surface area contributed by atoms with Gasteiger partial charge in [-0.15, -0.1) is 0 Å². The van der Waals surface area contributed by atoms with Gasteiger partial charge >= 0.3 is 6.18 Å². The van der Waals surface area contributed by atoms with E-state index in [0.717, 1.165) is 12.1 Å². The van der Waals surface area contributed by atoms with Crippen molar-refractivity contribution in [2.75, 3.05) is 0 Å². The Morgan fingerprint density at radius 2 is 2.12 bits per heavy atom. The van der Waals surface area contributed by atoms with Crippen molar-refractivity contribution in [3.63, 3.8) is 0 Å². The fourth-order valence-electron chi connectivity index (χ4n) is 2.08. The predicted molar refractivity (Wildman–Crippen MR) is 81.8 cm³/mol. The minimum Gasteiger partial charge on any atom is -0.343 e. The Labute approximate surface area is 136 Å². The van der Waals surface area contributed by atoms with E-state index in [2.05, 4.69) is 10.5 Å². The Kier molecular flexibility index (Phi) is 5.04. The Bertz CT molecular complexity index is 815. The van der Waals surface area contributed by atoms with E-state index in [-0.39, 0.29) is 6.42 Å². The molecule has 5 nitrogen and oxygen atoms in total. The van der Waals surface area contributed by atoms with E-state index in [0.29, 0.717) is 17.0 Å². The number of nitrogens with zero attached hydrogens (tertiary/aromatic N) is 3. The van der Waals surface area contributed by atoms with Gasteiger partial charge in [-0.1, -0.05) is 12.1 Å². The highest BCUT2D eigenvalue weighted by Gasteiger charge is 2.30. The molecular formula is C16H13F3N4O. The van der Waals surface area contributed by atoms with Crippen LogP contribution in [0.2, 0.25) is 0 Å². The van der Waals surface area contributed by atoms with E-state index >= 15 is 0 Å². The van der Waals surface area contributed by atoms with E-state index in [1.807, 2.05) is 0 Å². The minimum atomic E-state index is -4.41. The monoisotopic (exact) mass is 334 g/mol. The van der Waals surface area contributed by atoms with E-state index in [1.54, 1.807) is 35.9 Å². The molecule has 0 unspecified atom stereocenters. The van der Waals surface area contributed by atoms with Crippen molar-refractivity contribution in [3.8, 4) is 17.3 Å². The van der Waals surface area contributed by atoms with Crippen LogP contribution in [0.3, 0.4) is 0 Å². The highest BCUT2D eigenvalue weighted by Crippen LogP contribution is 2.32. The number of halogens is 3. The van der Waals surface area contributed by atoms with Crippen molar-refractivity contribution < 1.29 is 18.0 Å². The second-order valence-electron chi connectivity index (χ2n) is 4.91. The molecule has 1 N–H and O–H groups in total. The summed E-state index contributed by atoms with van der Waals surface area (Å²) >= 11 is 0.